The molecule has 0 bridgehead atoms. The number of nitrogens with one attached hydrogen (secondary N) is 1. The van der Waals surface area contributed by atoms with E-state index in [9.17, 15) is 14.7 Å². The molecule has 0 spiro atoms. The fourth-order valence-corrected chi connectivity index (χ4v) is 4.95. The molecule has 4 aromatic rings. The molecule has 34 heavy (non-hydrogen) atoms. The number of carboxylic acid groups (broad SMARTS) is 1. The molecular weight excluding hydrogens is 432 g/mol. The van der Waals surface area contributed by atoms with Crippen LogP contribution in [0.15, 0.2) is 47.4 Å². The molecule has 5 rings (SSSR count). The molecule has 1 aliphatic heterocycles. The number of benzene rings is 2. The van der Waals surface area contributed by atoms with Crippen LogP contribution >= 0.6 is 0 Å². The van der Waals surface area contributed by atoms with E-state index in [1.54, 1.807) is 29.8 Å². The van der Waals surface area contributed by atoms with Crippen LogP contribution in [0.25, 0.3) is 21.8 Å². The second-order valence-corrected chi connectivity index (χ2v) is 9.05. The van der Waals surface area contributed by atoms with Gasteiger partial charge in [-0.25, -0.2) is 4.79 Å². The molecule has 1 aliphatic rings. The summed E-state index contributed by atoms with van der Waals surface area (Å²) in [5, 5.41) is 20.2. The predicted molar refractivity (Wildman–Crippen MR) is 132 cm³/mol. The van der Waals surface area contributed by atoms with Gasteiger partial charge in [0.15, 0.2) is 5.65 Å². The molecule has 0 saturated carbocycles. The van der Waals surface area contributed by atoms with Gasteiger partial charge in [0, 0.05) is 54.3 Å². The van der Waals surface area contributed by atoms with E-state index in [0.29, 0.717) is 29.9 Å². The lowest BCUT2D eigenvalue weighted by Crippen LogP contribution is -2.21. The molecule has 2 aromatic carbocycles. The second kappa shape index (κ2) is 8.61. The number of rotatable bonds is 5. The van der Waals surface area contributed by atoms with Gasteiger partial charge in [-0.1, -0.05) is 18.2 Å². The van der Waals surface area contributed by atoms with Crippen molar-refractivity contribution < 1.29 is 14.6 Å². The van der Waals surface area contributed by atoms with Crippen LogP contribution in [-0.4, -0.2) is 38.6 Å². The number of nitrogens with zero attached hydrogens (tertiary/aromatic N) is 3. The number of carbonyl (C=O) groups is 1. The van der Waals surface area contributed by atoms with Crippen molar-refractivity contribution in [1.82, 2.24) is 14.3 Å². The van der Waals surface area contributed by atoms with Crippen LogP contribution in [0, 0.1) is 6.92 Å². The van der Waals surface area contributed by atoms with Crippen molar-refractivity contribution in [2.75, 3.05) is 18.5 Å². The van der Waals surface area contributed by atoms with Crippen LogP contribution in [0.1, 0.15) is 53.3 Å². The highest BCUT2D eigenvalue weighted by atomic mass is 16.5. The summed E-state index contributed by atoms with van der Waals surface area (Å²) in [7, 11) is 1.76. The molecule has 0 radical (unpaired) electrons. The summed E-state index contributed by atoms with van der Waals surface area (Å²) in [4.78, 5) is 25.1. The lowest BCUT2D eigenvalue weighted by molar-refractivity contribution is 0.0664. The topological polar surface area (TPSA) is 98.4 Å². The van der Waals surface area contributed by atoms with Gasteiger partial charge in [-0.2, -0.15) is 5.10 Å². The normalized spacial score (nSPS) is 15.6. The standard InChI is InChI=1S/C26H28N4O4/c1-15-12-19(16(2)27-22-7-5-4-6-18(22)26(32)33)23-20(13-15)25(31)29(3)24-21(23)14-30(28-24)17-8-10-34-11-9-17/h4-7,12-14,16-17,27H,8-11H2,1-3H3,(H,32,33). The van der Waals surface area contributed by atoms with E-state index in [4.69, 9.17) is 9.84 Å². The summed E-state index contributed by atoms with van der Waals surface area (Å²) in [6, 6.07) is 10.8. The van der Waals surface area contributed by atoms with Crippen molar-refractivity contribution in [2.45, 2.75) is 38.8 Å². The van der Waals surface area contributed by atoms with Gasteiger partial charge >= 0.3 is 5.97 Å². The maximum atomic E-state index is 13.4. The first-order chi connectivity index (χ1) is 16.3. The molecule has 0 aliphatic carbocycles. The lowest BCUT2D eigenvalue weighted by atomic mass is 9.95. The van der Waals surface area contributed by atoms with E-state index in [2.05, 4.69) is 11.4 Å². The van der Waals surface area contributed by atoms with Crippen molar-refractivity contribution in [3.63, 3.8) is 0 Å². The summed E-state index contributed by atoms with van der Waals surface area (Å²) in [6.45, 7) is 5.36. The summed E-state index contributed by atoms with van der Waals surface area (Å²) < 4.78 is 9.11. The van der Waals surface area contributed by atoms with E-state index in [1.165, 1.54) is 0 Å². The number of fused-ring (bicyclic) bond motifs is 3. The molecular formula is C26H28N4O4. The number of para-hydroxylation sites is 1. The number of aromatic nitrogens is 3. The summed E-state index contributed by atoms with van der Waals surface area (Å²) in [5.74, 6) is -0.988. The van der Waals surface area contributed by atoms with Gasteiger partial charge in [-0.05, 0) is 56.0 Å². The average Bonchev–Trinajstić information content (AvgIpc) is 3.28. The van der Waals surface area contributed by atoms with Gasteiger partial charge < -0.3 is 15.2 Å². The van der Waals surface area contributed by atoms with Gasteiger partial charge in [0.1, 0.15) is 0 Å². The Morgan fingerprint density at radius 3 is 2.68 bits per heavy atom. The van der Waals surface area contributed by atoms with Crippen LogP contribution in [0.5, 0.6) is 0 Å². The van der Waals surface area contributed by atoms with Crippen molar-refractivity contribution in [3.05, 3.63) is 69.6 Å². The summed E-state index contributed by atoms with van der Waals surface area (Å²) in [5.41, 5.74) is 3.20. The van der Waals surface area contributed by atoms with Crippen molar-refractivity contribution in [3.8, 4) is 0 Å². The smallest absolute Gasteiger partial charge is 0.337 e. The zero-order chi connectivity index (χ0) is 24.0. The van der Waals surface area contributed by atoms with Gasteiger partial charge in [0.25, 0.3) is 5.56 Å². The highest BCUT2D eigenvalue weighted by molar-refractivity contribution is 6.07. The molecule has 2 aromatic heterocycles. The molecule has 176 valence electrons. The highest BCUT2D eigenvalue weighted by Crippen LogP contribution is 2.34. The Balaban J connectivity index is 1.70. The molecule has 0 amide bonds. The van der Waals surface area contributed by atoms with Crippen molar-refractivity contribution in [2.24, 2.45) is 7.05 Å². The average molecular weight is 461 g/mol. The van der Waals surface area contributed by atoms with Crippen LogP contribution in [0.3, 0.4) is 0 Å². The predicted octanol–water partition coefficient (Wildman–Crippen LogP) is 4.42. The third kappa shape index (κ3) is 3.74. The zero-order valence-electron chi connectivity index (χ0n) is 19.5. The molecule has 2 N–H and O–H groups in total. The largest absolute Gasteiger partial charge is 0.478 e. The van der Waals surface area contributed by atoms with Crippen molar-refractivity contribution in [1.29, 1.82) is 0 Å². The fourth-order valence-electron chi connectivity index (χ4n) is 4.95. The first kappa shape index (κ1) is 22.2. The number of hydrogen-bond acceptors (Lipinski definition) is 5. The number of anilines is 1. The third-order valence-electron chi connectivity index (χ3n) is 6.71. The summed E-state index contributed by atoms with van der Waals surface area (Å²) in [6.07, 6.45) is 3.81. The monoisotopic (exact) mass is 460 g/mol. The Labute approximate surface area is 196 Å². The Morgan fingerprint density at radius 1 is 1.21 bits per heavy atom. The highest BCUT2D eigenvalue weighted by Gasteiger charge is 2.23. The molecule has 1 atom stereocenters. The zero-order valence-corrected chi connectivity index (χ0v) is 19.5. The fraction of sp³-hybridized carbons (Fsp3) is 0.346. The molecule has 1 fully saturated rings. The summed E-state index contributed by atoms with van der Waals surface area (Å²) >= 11 is 0. The molecule has 3 heterocycles. The van der Waals surface area contributed by atoms with Crippen LogP contribution in [0.2, 0.25) is 0 Å². The molecule has 1 unspecified atom stereocenters. The van der Waals surface area contributed by atoms with E-state index >= 15 is 0 Å². The lowest BCUT2D eigenvalue weighted by Gasteiger charge is -2.22. The Morgan fingerprint density at radius 2 is 1.94 bits per heavy atom. The molecule has 1 saturated heterocycles. The second-order valence-electron chi connectivity index (χ2n) is 9.05. The van der Waals surface area contributed by atoms with E-state index in [0.717, 1.165) is 34.7 Å². The number of pyridine rings is 1. The van der Waals surface area contributed by atoms with Crippen LogP contribution < -0.4 is 10.9 Å². The number of ether oxygens (including phenoxy) is 1. The SMILES string of the molecule is Cc1cc(C(C)Nc2ccccc2C(=O)O)c2c(c1)c(=O)n(C)c1nn(C3CCOCC3)cc21. The van der Waals surface area contributed by atoms with Gasteiger partial charge in [0.05, 0.1) is 11.6 Å². The number of hydrogen-bond donors (Lipinski definition) is 2. The van der Waals surface area contributed by atoms with E-state index in [1.807, 2.05) is 36.9 Å². The maximum Gasteiger partial charge on any atom is 0.337 e. The van der Waals surface area contributed by atoms with Gasteiger partial charge in [-0.3, -0.25) is 14.0 Å². The Bertz CT molecular complexity index is 1460. The number of carboxylic acids is 1. The van der Waals surface area contributed by atoms with Crippen LogP contribution in [0.4, 0.5) is 5.69 Å². The quantitative estimate of drug-likeness (QED) is 0.458. The Kier molecular flexibility index (Phi) is 5.61. The maximum absolute atomic E-state index is 13.4. The minimum atomic E-state index is -0.988. The minimum Gasteiger partial charge on any atom is -0.478 e. The van der Waals surface area contributed by atoms with Gasteiger partial charge in [0.2, 0.25) is 0 Å². The minimum absolute atomic E-state index is 0.0946. The number of aryl methyl sites for hydroxylation is 2. The Hall–Kier alpha value is -3.65. The first-order valence-electron chi connectivity index (χ1n) is 11.5. The third-order valence-corrected chi connectivity index (χ3v) is 6.71. The first-order valence-corrected chi connectivity index (χ1v) is 11.5. The van der Waals surface area contributed by atoms with E-state index in [-0.39, 0.29) is 23.2 Å². The van der Waals surface area contributed by atoms with Crippen molar-refractivity contribution >= 4 is 33.5 Å². The molecule has 8 heteroatoms. The van der Waals surface area contributed by atoms with Crippen LogP contribution in [-0.2, 0) is 11.8 Å². The van der Waals surface area contributed by atoms with Gasteiger partial charge in [-0.15, -0.1) is 0 Å². The molecule has 8 nitrogen and oxygen atoms in total. The number of aromatic carboxylic acids is 1. The van der Waals surface area contributed by atoms with E-state index < -0.39 is 5.97 Å².